The molecule has 0 atom stereocenters. The van der Waals surface area contributed by atoms with Gasteiger partial charge in [-0.25, -0.2) is 4.98 Å². The fraction of sp³-hybridized carbons (Fsp3) is 0.526. The summed E-state index contributed by atoms with van der Waals surface area (Å²) in [7, 11) is 0. The van der Waals surface area contributed by atoms with E-state index in [-0.39, 0.29) is 5.91 Å². The average Bonchev–Trinajstić information content (AvgIpc) is 3.06. The number of nitrogens with zero attached hydrogens (tertiary/aromatic N) is 5. The van der Waals surface area contributed by atoms with Gasteiger partial charge in [0.1, 0.15) is 10.2 Å². The number of piperazine rings is 1. The fourth-order valence-corrected chi connectivity index (χ4v) is 5.18. The number of hydrogen-bond acceptors (Lipinski definition) is 6. The summed E-state index contributed by atoms with van der Waals surface area (Å²) < 4.78 is 0.990. The van der Waals surface area contributed by atoms with E-state index in [2.05, 4.69) is 14.8 Å². The summed E-state index contributed by atoms with van der Waals surface area (Å²) in [5.41, 5.74) is 1.47. The molecule has 9 heteroatoms. The standard InChI is InChI=1S/C19H23Cl2N5OS/c1-13-11-16(23-19(22-13)26-5-3-2-4-6-26)24-7-9-25(10-8-24)18(27)14-12-15(20)28-17(14)21/h11-12H,2-10H2,1H3. The van der Waals surface area contributed by atoms with Crippen LogP contribution in [0.3, 0.4) is 0 Å². The van der Waals surface area contributed by atoms with Crippen molar-refractivity contribution in [1.82, 2.24) is 14.9 Å². The lowest BCUT2D eigenvalue weighted by molar-refractivity contribution is 0.0747. The molecule has 2 aromatic rings. The number of rotatable bonds is 3. The van der Waals surface area contributed by atoms with Crippen molar-refractivity contribution in [2.75, 3.05) is 49.1 Å². The molecule has 0 bridgehead atoms. The molecule has 0 unspecified atom stereocenters. The van der Waals surface area contributed by atoms with E-state index in [9.17, 15) is 4.79 Å². The summed E-state index contributed by atoms with van der Waals surface area (Å²) in [6, 6.07) is 3.68. The summed E-state index contributed by atoms with van der Waals surface area (Å²) in [5.74, 6) is 1.71. The minimum absolute atomic E-state index is 0.0549. The van der Waals surface area contributed by atoms with Crippen LogP contribution in [-0.4, -0.2) is 60.0 Å². The molecule has 1 amide bonds. The molecule has 0 aromatic carbocycles. The Hall–Kier alpha value is -1.57. The van der Waals surface area contributed by atoms with Crippen LogP contribution >= 0.6 is 34.5 Å². The highest BCUT2D eigenvalue weighted by atomic mass is 35.5. The van der Waals surface area contributed by atoms with E-state index in [4.69, 9.17) is 28.2 Å². The third-order valence-electron chi connectivity index (χ3n) is 5.25. The topological polar surface area (TPSA) is 52.6 Å². The number of anilines is 2. The first-order valence-electron chi connectivity index (χ1n) is 9.61. The first-order chi connectivity index (χ1) is 13.5. The number of piperidine rings is 1. The molecule has 2 aromatic heterocycles. The molecule has 0 saturated carbocycles. The Morgan fingerprint density at radius 2 is 1.68 bits per heavy atom. The number of thiophene rings is 1. The van der Waals surface area contributed by atoms with E-state index in [0.717, 1.165) is 43.6 Å². The first kappa shape index (κ1) is 19.7. The molecule has 28 heavy (non-hydrogen) atoms. The monoisotopic (exact) mass is 439 g/mol. The summed E-state index contributed by atoms with van der Waals surface area (Å²) in [4.78, 5) is 28.5. The highest BCUT2D eigenvalue weighted by molar-refractivity contribution is 7.20. The lowest BCUT2D eigenvalue weighted by atomic mass is 10.1. The highest BCUT2D eigenvalue weighted by Crippen LogP contribution is 2.32. The molecule has 0 radical (unpaired) electrons. The predicted octanol–water partition coefficient (Wildman–Crippen LogP) is 4.11. The maximum Gasteiger partial charge on any atom is 0.256 e. The van der Waals surface area contributed by atoms with Crippen LogP contribution in [0.15, 0.2) is 12.1 Å². The van der Waals surface area contributed by atoms with Crippen LogP contribution in [0, 0.1) is 6.92 Å². The maximum absolute atomic E-state index is 12.7. The van der Waals surface area contributed by atoms with Gasteiger partial charge >= 0.3 is 0 Å². The first-order valence-corrected chi connectivity index (χ1v) is 11.2. The molecule has 6 nitrogen and oxygen atoms in total. The molecule has 2 aliphatic rings. The van der Waals surface area contributed by atoms with Gasteiger partial charge in [-0.15, -0.1) is 11.3 Å². The van der Waals surface area contributed by atoms with Crippen molar-refractivity contribution in [3.63, 3.8) is 0 Å². The van der Waals surface area contributed by atoms with Crippen molar-refractivity contribution in [1.29, 1.82) is 0 Å². The van der Waals surface area contributed by atoms with E-state index in [1.54, 1.807) is 6.07 Å². The smallest absolute Gasteiger partial charge is 0.256 e. The van der Waals surface area contributed by atoms with Gasteiger partial charge in [-0.1, -0.05) is 23.2 Å². The summed E-state index contributed by atoms with van der Waals surface area (Å²) >= 11 is 13.4. The van der Waals surface area contributed by atoms with Gasteiger partial charge in [0, 0.05) is 51.0 Å². The van der Waals surface area contributed by atoms with E-state index in [1.807, 2.05) is 17.9 Å². The number of aromatic nitrogens is 2. The normalized spacial score (nSPS) is 17.9. The highest BCUT2D eigenvalue weighted by Gasteiger charge is 2.26. The van der Waals surface area contributed by atoms with Crippen LogP contribution in [0.4, 0.5) is 11.8 Å². The number of carbonyl (C=O) groups excluding carboxylic acids is 1. The second-order valence-electron chi connectivity index (χ2n) is 7.23. The second kappa shape index (κ2) is 8.43. The SMILES string of the molecule is Cc1cc(N2CCN(C(=O)c3cc(Cl)sc3Cl)CC2)nc(N2CCCCC2)n1. The average molecular weight is 440 g/mol. The Kier molecular flexibility index (Phi) is 5.94. The molecule has 150 valence electrons. The Morgan fingerprint density at radius 3 is 2.32 bits per heavy atom. The van der Waals surface area contributed by atoms with E-state index in [1.165, 1.54) is 30.6 Å². The van der Waals surface area contributed by atoms with Gasteiger partial charge in [0.15, 0.2) is 0 Å². The number of hydrogen-bond donors (Lipinski definition) is 0. The zero-order valence-corrected chi connectivity index (χ0v) is 18.2. The lowest BCUT2D eigenvalue weighted by Crippen LogP contribution is -2.49. The van der Waals surface area contributed by atoms with Crippen LogP contribution < -0.4 is 9.80 Å². The third-order valence-corrected chi connectivity index (χ3v) is 6.73. The Morgan fingerprint density at radius 1 is 0.964 bits per heavy atom. The summed E-state index contributed by atoms with van der Waals surface area (Å²) in [5, 5.41) is 0. The van der Waals surface area contributed by atoms with Crippen molar-refractivity contribution in [2.24, 2.45) is 0 Å². The van der Waals surface area contributed by atoms with Crippen LogP contribution in [-0.2, 0) is 0 Å². The van der Waals surface area contributed by atoms with Gasteiger partial charge in [0.25, 0.3) is 5.91 Å². The quantitative estimate of drug-likeness (QED) is 0.719. The van der Waals surface area contributed by atoms with Crippen molar-refractivity contribution in [3.05, 3.63) is 32.1 Å². The van der Waals surface area contributed by atoms with Crippen molar-refractivity contribution < 1.29 is 4.79 Å². The van der Waals surface area contributed by atoms with Crippen molar-refractivity contribution in [3.8, 4) is 0 Å². The number of aryl methyl sites for hydroxylation is 1. The Labute approximate surface area is 179 Å². The molecule has 2 fully saturated rings. The molecular formula is C19H23Cl2N5OS. The molecule has 0 aliphatic carbocycles. The predicted molar refractivity (Wildman–Crippen MR) is 115 cm³/mol. The van der Waals surface area contributed by atoms with E-state index < -0.39 is 0 Å². The largest absolute Gasteiger partial charge is 0.353 e. The zero-order valence-electron chi connectivity index (χ0n) is 15.8. The second-order valence-corrected chi connectivity index (χ2v) is 9.52. The van der Waals surface area contributed by atoms with Crippen LogP contribution in [0.2, 0.25) is 8.67 Å². The van der Waals surface area contributed by atoms with E-state index >= 15 is 0 Å². The van der Waals surface area contributed by atoms with Crippen molar-refractivity contribution >= 4 is 52.2 Å². The van der Waals surface area contributed by atoms with Gasteiger partial charge in [0.2, 0.25) is 5.95 Å². The Bertz CT molecular complexity index is 860. The maximum atomic E-state index is 12.7. The van der Waals surface area contributed by atoms with Gasteiger partial charge in [-0.2, -0.15) is 4.98 Å². The summed E-state index contributed by atoms with van der Waals surface area (Å²) in [6.07, 6.45) is 3.68. The molecule has 0 N–H and O–H groups in total. The molecular weight excluding hydrogens is 417 g/mol. The third kappa shape index (κ3) is 4.21. The lowest BCUT2D eigenvalue weighted by Gasteiger charge is -2.36. The van der Waals surface area contributed by atoms with Gasteiger partial charge < -0.3 is 14.7 Å². The van der Waals surface area contributed by atoms with Crippen LogP contribution in [0.5, 0.6) is 0 Å². The number of carbonyl (C=O) groups is 1. The summed E-state index contributed by atoms with van der Waals surface area (Å²) in [6.45, 7) is 6.79. The van der Waals surface area contributed by atoms with Gasteiger partial charge in [-0.05, 0) is 32.3 Å². The van der Waals surface area contributed by atoms with Gasteiger partial charge in [-0.3, -0.25) is 4.79 Å². The van der Waals surface area contributed by atoms with Gasteiger partial charge in [0.05, 0.1) is 9.90 Å². The minimum atomic E-state index is -0.0549. The van der Waals surface area contributed by atoms with Crippen LogP contribution in [0.25, 0.3) is 0 Å². The van der Waals surface area contributed by atoms with Crippen molar-refractivity contribution in [2.45, 2.75) is 26.2 Å². The Balaban J connectivity index is 1.44. The van der Waals surface area contributed by atoms with E-state index in [0.29, 0.717) is 27.3 Å². The minimum Gasteiger partial charge on any atom is -0.353 e. The molecule has 4 rings (SSSR count). The number of amides is 1. The zero-order chi connectivity index (χ0) is 19.7. The van der Waals surface area contributed by atoms with Crippen LogP contribution in [0.1, 0.15) is 35.3 Å². The molecule has 4 heterocycles. The fourth-order valence-electron chi connectivity index (χ4n) is 3.73. The molecule has 2 saturated heterocycles. The molecule has 0 spiro atoms. The molecule has 2 aliphatic heterocycles. The number of halogens is 2.